The third-order valence-corrected chi connectivity index (χ3v) is 1.61. The Morgan fingerprint density at radius 1 is 1.58 bits per heavy atom. The number of rotatable bonds is 4. The molecule has 0 aromatic rings. The second-order valence-corrected chi connectivity index (χ2v) is 3.14. The fraction of sp³-hybridized carbons (Fsp3) is 0.875. The quantitative estimate of drug-likeness (QED) is 0.588. The van der Waals surface area contributed by atoms with Crippen molar-refractivity contribution in [3.8, 4) is 0 Å². The predicted octanol–water partition coefficient (Wildman–Crippen LogP) is -0.0711. The van der Waals surface area contributed by atoms with Crippen LogP contribution < -0.4 is 0 Å². The van der Waals surface area contributed by atoms with Gasteiger partial charge in [0.2, 0.25) is 0 Å². The molecule has 12 heavy (non-hydrogen) atoms. The monoisotopic (exact) mass is 176 g/mol. The summed E-state index contributed by atoms with van der Waals surface area (Å²) in [7, 11) is 0. The van der Waals surface area contributed by atoms with Crippen molar-refractivity contribution in [2.45, 2.75) is 26.4 Å². The van der Waals surface area contributed by atoms with Crippen molar-refractivity contribution in [2.75, 3.05) is 13.2 Å². The Bertz CT molecular complexity index is 148. The highest BCUT2D eigenvalue weighted by Crippen LogP contribution is 2.17. The van der Waals surface area contributed by atoms with Gasteiger partial charge in [-0.05, 0) is 20.8 Å². The number of carbonyl (C=O) groups is 1. The molecule has 4 nitrogen and oxygen atoms in total. The minimum atomic E-state index is -1.24. The number of aliphatic hydroxyl groups is 2. The Kier molecular flexibility index (Phi) is 4.20. The molecule has 0 amide bonds. The maximum Gasteiger partial charge on any atom is 0.314 e. The number of hydrogen-bond acceptors (Lipinski definition) is 4. The molecule has 0 aliphatic carbocycles. The van der Waals surface area contributed by atoms with Crippen molar-refractivity contribution in [2.24, 2.45) is 5.92 Å². The fourth-order valence-corrected chi connectivity index (χ4v) is 0.829. The molecule has 0 spiro atoms. The third kappa shape index (κ3) is 3.19. The topological polar surface area (TPSA) is 66.8 Å². The van der Waals surface area contributed by atoms with Crippen molar-refractivity contribution < 1.29 is 19.7 Å². The van der Waals surface area contributed by atoms with Crippen molar-refractivity contribution in [1.82, 2.24) is 0 Å². The van der Waals surface area contributed by atoms with Crippen molar-refractivity contribution in [1.29, 1.82) is 0 Å². The van der Waals surface area contributed by atoms with E-state index in [-0.39, 0.29) is 6.61 Å². The van der Waals surface area contributed by atoms with Crippen LogP contribution in [0.5, 0.6) is 0 Å². The van der Waals surface area contributed by atoms with Crippen LogP contribution in [0.3, 0.4) is 0 Å². The van der Waals surface area contributed by atoms with E-state index in [0.717, 1.165) is 0 Å². The van der Waals surface area contributed by atoms with Gasteiger partial charge in [-0.3, -0.25) is 4.79 Å². The summed E-state index contributed by atoms with van der Waals surface area (Å²) in [5.41, 5.74) is -1.24. The average Bonchev–Trinajstić information content (AvgIpc) is 1.85. The van der Waals surface area contributed by atoms with Gasteiger partial charge in [0.15, 0.2) is 0 Å². The van der Waals surface area contributed by atoms with Crippen LogP contribution in [0.2, 0.25) is 0 Å². The van der Waals surface area contributed by atoms with Gasteiger partial charge in [-0.25, -0.2) is 0 Å². The first kappa shape index (κ1) is 11.4. The molecule has 0 radical (unpaired) electrons. The van der Waals surface area contributed by atoms with E-state index >= 15 is 0 Å². The van der Waals surface area contributed by atoms with Gasteiger partial charge >= 0.3 is 5.97 Å². The van der Waals surface area contributed by atoms with E-state index in [1.807, 2.05) is 0 Å². The molecule has 0 aliphatic rings. The second-order valence-electron chi connectivity index (χ2n) is 3.14. The van der Waals surface area contributed by atoms with E-state index in [9.17, 15) is 9.90 Å². The van der Waals surface area contributed by atoms with Gasteiger partial charge in [0.05, 0.1) is 18.8 Å². The maximum absolute atomic E-state index is 11.1. The summed E-state index contributed by atoms with van der Waals surface area (Å²) in [6, 6.07) is 0. The Hall–Kier alpha value is -0.610. The summed E-state index contributed by atoms with van der Waals surface area (Å²) in [5, 5.41) is 18.2. The zero-order valence-corrected chi connectivity index (χ0v) is 7.70. The van der Waals surface area contributed by atoms with E-state index in [2.05, 4.69) is 4.74 Å². The molecule has 0 bridgehead atoms. The van der Waals surface area contributed by atoms with Crippen LogP contribution in [-0.2, 0) is 9.53 Å². The zero-order valence-electron chi connectivity index (χ0n) is 7.70. The van der Waals surface area contributed by atoms with Gasteiger partial charge in [-0.15, -0.1) is 0 Å². The molecule has 1 atom stereocenters. The molecule has 0 heterocycles. The lowest BCUT2D eigenvalue weighted by molar-refractivity contribution is -0.158. The molecule has 0 aromatic carbocycles. The van der Waals surface area contributed by atoms with Gasteiger partial charge in [0.1, 0.15) is 5.92 Å². The first-order valence-corrected chi connectivity index (χ1v) is 3.93. The third-order valence-electron chi connectivity index (χ3n) is 1.61. The van der Waals surface area contributed by atoms with Crippen LogP contribution in [0.15, 0.2) is 0 Å². The number of aliphatic hydroxyl groups excluding tert-OH is 1. The first-order valence-electron chi connectivity index (χ1n) is 3.93. The SMILES string of the molecule is CCOC(=O)C(CO)C(C)(C)O. The molecule has 0 aliphatic heterocycles. The molecule has 0 saturated heterocycles. The molecular weight excluding hydrogens is 160 g/mol. The second kappa shape index (κ2) is 4.42. The standard InChI is InChI=1S/C8H16O4/c1-4-12-7(10)6(5-9)8(2,3)11/h6,9,11H,4-5H2,1-3H3. The lowest BCUT2D eigenvalue weighted by Crippen LogP contribution is -2.40. The van der Waals surface area contributed by atoms with Crippen molar-refractivity contribution in [3.05, 3.63) is 0 Å². The normalized spacial score (nSPS) is 14.1. The van der Waals surface area contributed by atoms with Gasteiger partial charge in [0.25, 0.3) is 0 Å². The zero-order chi connectivity index (χ0) is 9.78. The molecule has 0 aromatic heterocycles. The molecule has 72 valence electrons. The van der Waals surface area contributed by atoms with E-state index in [1.54, 1.807) is 6.92 Å². The molecule has 4 heteroatoms. The summed E-state index contributed by atoms with van der Waals surface area (Å²) < 4.78 is 4.66. The van der Waals surface area contributed by atoms with E-state index in [1.165, 1.54) is 13.8 Å². The predicted molar refractivity (Wildman–Crippen MR) is 43.5 cm³/mol. The Morgan fingerprint density at radius 2 is 2.08 bits per heavy atom. The molecular formula is C8H16O4. The summed E-state index contributed by atoms with van der Waals surface area (Å²) in [6.07, 6.45) is 0. The van der Waals surface area contributed by atoms with Crippen molar-refractivity contribution in [3.63, 3.8) is 0 Å². The minimum Gasteiger partial charge on any atom is -0.466 e. The Morgan fingerprint density at radius 3 is 2.33 bits per heavy atom. The highest BCUT2D eigenvalue weighted by atomic mass is 16.5. The lowest BCUT2D eigenvalue weighted by atomic mass is 9.92. The van der Waals surface area contributed by atoms with Gasteiger partial charge in [0, 0.05) is 0 Å². The van der Waals surface area contributed by atoms with Crippen LogP contribution in [0.25, 0.3) is 0 Å². The molecule has 0 saturated carbocycles. The van der Waals surface area contributed by atoms with Gasteiger partial charge < -0.3 is 14.9 Å². The van der Waals surface area contributed by atoms with E-state index in [0.29, 0.717) is 0 Å². The smallest absolute Gasteiger partial charge is 0.314 e. The first-order chi connectivity index (χ1) is 5.43. The molecule has 0 rings (SSSR count). The van der Waals surface area contributed by atoms with Gasteiger partial charge in [-0.2, -0.15) is 0 Å². The van der Waals surface area contributed by atoms with Gasteiger partial charge in [-0.1, -0.05) is 0 Å². The summed E-state index contributed by atoms with van der Waals surface area (Å²) in [4.78, 5) is 11.1. The fourth-order valence-electron chi connectivity index (χ4n) is 0.829. The largest absolute Gasteiger partial charge is 0.466 e. The molecule has 0 fully saturated rings. The Balaban J connectivity index is 4.25. The van der Waals surface area contributed by atoms with Crippen LogP contribution in [0.1, 0.15) is 20.8 Å². The lowest BCUT2D eigenvalue weighted by Gasteiger charge is -2.25. The number of carbonyl (C=O) groups excluding carboxylic acids is 1. The number of ether oxygens (including phenoxy) is 1. The summed E-state index contributed by atoms with van der Waals surface area (Å²) >= 11 is 0. The number of hydrogen-bond donors (Lipinski definition) is 2. The molecule has 2 N–H and O–H groups in total. The highest BCUT2D eigenvalue weighted by Gasteiger charge is 2.33. The summed E-state index contributed by atoms with van der Waals surface area (Å²) in [5.74, 6) is -1.43. The van der Waals surface area contributed by atoms with Crippen LogP contribution in [0, 0.1) is 5.92 Å². The van der Waals surface area contributed by atoms with E-state index < -0.39 is 24.1 Å². The van der Waals surface area contributed by atoms with Crippen LogP contribution in [0.4, 0.5) is 0 Å². The minimum absolute atomic E-state index is 0.255. The van der Waals surface area contributed by atoms with Crippen LogP contribution >= 0.6 is 0 Å². The van der Waals surface area contributed by atoms with Crippen molar-refractivity contribution >= 4 is 5.97 Å². The highest BCUT2D eigenvalue weighted by molar-refractivity contribution is 5.73. The number of esters is 1. The maximum atomic E-state index is 11.1. The average molecular weight is 176 g/mol. The summed E-state index contributed by atoms with van der Waals surface area (Å²) in [6.45, 7) is 4.46. The Labute approximate surface area is 72.2 Å². The van der Waals surface area contributed by atoms with Crippen LogP contribution in [-0.4, -0.2) is 35.0 Å². The molecule has 1 unspecified atom stereocenters. The van der Waals surface area contributed by atoms with E-state index in [4.69, 9.17) is 5.11 Å².